The molecule has 3 amide bonds. The Morgan fingerprint density at radius 3 is 2.42 bits per heavy atom. The van der Waals surface area contributed by atoms with Crippen molar-refractivity contribution in [1.82, 2.24) is 15.6 Å². The minimum absolute atomic E-state index is 0.0569. The van der Waals surface area contributed by atoms with E-state index in [1.807, 2.05) is 12.3 Å². The lowest BCUT2D eigenvalue weighted by molar-refractivity contribution is -0.117. The minimum atomic E-state index is -0.321. The van der Waals surface area contributed by atoms with Crippen LogP contribution < -0.4 is 10.6 Å². The first kappa shape index (κ1) is 16.4. The normalized spacial score (nSPS) is 33.5. The van der Waals surface area contributed by atoms with E-state index in [9.17, 15) is 9.59 Å². The lowest BCUT2D eigenvalue weighted by Crippen LogP contribution is -2.61. The molecule has 0 saturated heterocycles. The molecule has 4 fully saturated rings. The fourth-order valence-electron chi connectivity index (χ4n) is 5.22. The molecule has 5 rings (SSSR count). The van der Waals surface area contributed by atoms with Crippen molar-refractivity contribution in [3.8, 4) is 0 Å². The molecule has 2 N–H and O–H groups in total. The molecule has 7 heteroatoms. The van der Waals surface area contributed by atoms with Crippen molar-refractivity contribution >= 4 is 35.0 Å². The van der Waals surface area contributed by atoms with E-state index in [0.29, 0.717) is 0 Å². The lowest BCUT2D eigenvalue weighted by Gasteiger charge is -2.56. The molecular weight excluding hydrogens is 342 g/mol. The van der Waals surface area contributed by atoms with Gasteiger partial charge in [0.1, 0.15) is 0 Å². The monoisotopic (exact) mass is 365 g/mol. The Kier molecular flexibility index (Phi) is 4.33. The second-order valence-electron chi connectivity index (χ2n) is 7.74. The maximum Gasteiger partial charge on any atom is 0.321 e. The number of carbonyl (C=O) groups is 2. The third kappa shape index (κ3) is 3.47. The Morgan fingerprint density at radius 2 is 1.88 bits per heavy atom. The molecule has 0 unspecified atom stereocenters. The van der Waals surface area contributed by atoms with Gasteiger partial charge in [0, 0.05) is 16.6 Å². The van der Waals surface area contributed by atoms with Crippen LogP contribution in [0.25, 0.3) is 0 Å². The van der Waals surface area contributed by atoms with Gasteiger partial charge < -0.3 is 5.32 Å². The Morgan fingerprint density at radius 1 is 1.25 bits per heavy atom. The number of nitrogens with zero attached hydrogens (tertiary/aromatic N) is 1. The number of urea groups is 1. The predicted molar refractivity (Wildman–Crippen MR) is 95.2 cm³/mol. The van der Waals surface area contributed by atoms with Gasteiger partial charge in [-0.3, -0.25) is 10.1 Å². The number of rotatable bonds is 4. The zero-order chi connectivity index (χ0) is 16.7. The maximum absolute atomic E-state index is 12.3. The summed E-state index contributed by atoms with van der Waals surface area (Å²) in [6, 6.07) is -0.321. The molecule has 1 aromatic heterocycles. The van der Waals surface area contributed by atoms with Crippen LogP contribution >= 0.6 is 23.1 Å². The second kappa shape index (κ2) is 6.33. The molecule has 0 atom stereocenters. The van der Waals surface area contributed by atoms with Gasteiger partial charge in [0.25, 0.3) is 0 Å². The third-order valence-electron chi connectivity index (χ3n) is 5.59. The minimum Gasteiger partial charge on any atom is -0.332 e. The summed E-state index contributed by atoms with van der Waals surface area (Å²) in [5.74, 6) is 2.29. The van der Waals surface area contributed by atoms with Gasteiger partial charge in [-0.15, -0.1) is 11.3 Å². The number of amides is 3. The number of hydrogen-bond donors (Lipinski definition) is 2. The standard InChI is InChI=1S/C17H23N3O2S2/c1-10-8-23-16(18-10)24-9-14(21)19-15(22)20-17-5-11-2-12(6-17)4-13(3-11)7-17/h8,11-13H,2-7,9H2,1H3,(H2,19,20,21,22). The highest BCUT2D eigenvalue weighted by molar-refractivity contribution is 8.01. The molecule has 1 heterocycles. The molecule has 0 aromatic carbocycles. The molecule has 4 aliphatic rings. The summed E-state index contributed by atoms with van der Waals surface area (Å²) < 4.78 is 0.865. The second-order valence-corrected chi connectivity index (χ2v) is 9.82. The van der Waals surface area contributed by atoms with E-state index in [0.717, 1.165) is 47.0 Å². The van der Waals surface area contributed by atoms with E-state index in [1.54, 1.807) is 0 Å². The van der Waals surface area contributed by atoms with Crippen LogP contribution in [0.4, 0.5) is 4.79 Å². The largest absolute Gasteiger partial charge is 0.332 e. The molecule has 0 aliphatic heterocycles. The number of aryl methyl sites for hydroxylation is 1. The summed E-state index contributed by atoms with van der Waals surface area (Å²) in [5.41, 5.74) is 0.904. The van der Waals surface area contributed by atoms with Crippen molar-refractivity contribution in [2.24, 2.45) is 17.8 Å². The van der Waals surface area contributed by atoms with Crippen molar-refractivity contribution < 1.29 is 9.59 Å². The molecule has 5 nitrogen and oxygen atoms in total. The van der Waals surface area contributed by atoms with Crippen LogP contribution in [0.5, 0.6) is 0 Å². The van der Waals surface area contributed by atoms with E-state index < -0.39 is 0 Å². The zero-order valence-corrected chi connectivity index (χ0v) is 15.5. The molecule has 0 spiro atoms. The number of carbonyl (C=O) groups excluding carboxylic acids is 2. The summed E-state index contributed by atoms with van der Waals surface area (Å²) in [5, 5.41) is 7.62. The fourth-order valence-corrected chi connectivity index (χ4v) is 6.87. The fraction of sp³-hybridized carbons (Fsp3) is 0.706. The van der Waals surface area contributed by atoms with Gasteiger partial charge in [-0.25, -0.2) is 9.78 Å². The first-order chi connectivity index (χ1) is 11.5. The highest BCUT2D eigenvalue weighted by atomic mass is 32.2. The summed E-state index contributed by atoms with van der Waals surface area (Å²) in [4.78, 5) is 28.6. The van der Waals surface area contributed by atoms with E-state index in [4.69, 9.17) is 0 Å². The summed E-state index contributed by atoms with van der Waals surface area (Å²) in [7, 11) is 0. The number of nitrogens with one attached hydrogen (secondary N) is 2. The number of thiazole rings is 1. The van der Waals surface area contributed by atoms with Gasteiger partial charge in [-0.2, -0.15) is 0 Å². The Balaban J connectivity index is 1.28. The van der Waals surface area contributed by atoms with Gasteiger partial charge in [-0.05, 0) is 63.2 Å². The third-order valence-corrected chi connectivity index (χ3v) is 7.73. The van der Waals surface area contributed by atoms with Gasteiger partial charge in [0.05, 0.1) is 5.75 Å². The topological polar surface area (TPSA) is 71.1 Å². The van der Waals surface area contributed by atoms with Crippen LogP contribution in [0.3, 0.4) is 0 Å². The van der Waals surface area contributed by atoms with E-state index >= 15 is 0 Å². The highest BCUT2D eigenvalue weighted by Gasteiger charge is 2.51. The molecular formula is C17H23N3O2S2. The Labute approximate surface area is 150 Å². The molecule has 4 saturated carbocycles. The van der Waals surface area contributed by atoms with Crippen LogP contribution in [0.2, 0.25) is 0 Å². The smallest absolute Gasteiger partial charge is 0.321 e. The van der Waals surface area contributed by atoms with Gasteiger partial charge in [-0.1, -0.05) is 11.8 Å². The van der Waals surface area contributed by atoms with Gasteiger partial charge in [0.2, 0.25) is 5.91 Å². The van der Waals surface area contributed by atoms with Crippen LogP contribution in [0.15, 0.2) is 9.72 Å². The molecule has 1 aromatic rings. The van der Waals surface area contributed by atoms with E-state index in [-0.39, 0.29) is 23.2 Å². The summed E-state index contributed by atoms with van der Waals surface area (Å²) in [6.45, 7) is 1.93. The van der Waals surface area contributed by atoms with Crippen molar-refractivity contribution in [1.29, 1.82) is 0 Å². The summed E-state index contributed by atoms with van der Waals surface area (Å²) >= 11 is 2.90. The van der Waals surface area contributed by atoms with E-state index in [1.165, 1.54) is 42.4 Å². The number of aromatic nitrogens is 1. The first-order valence-corrected chi connectivity index (χ1v) is 10.5. The van der Waals surface area contributed by atoms with Crippen LogP contribution in [-0.4, -0.2) is 28.2 Å². The van der Waals surface area contributed by atoms with Gasteiger partial charge >= 0.3 is 6.03 Å². The number of thioether (sulfide) groups is 1. The average Bonchev–Trinajstić information content (AvgIpc) is 2.88. The average molecular weight is 366 g/mol. The van der Waals surface area contributed by atoms with Crippen LogP contribution in [0, 0.1) is 24.7 Å². The SMILES string of the molecule is Cc1csc(SCC(=O)NC(=O)NC23CC4CC(CC(C4)C2)C3)n1. The number of hydrogen-bond acceptors (Lipinski definition) is 5. The predicted octanol–water partition coefficient (Wildman–Crippen LogP) is 3.34. The van der Waals surface area contributed by atoms with Crippen molar-refractivity contribution in [3.63, 3.8) is 0 Å². The van der Waals surface area contributed by atoms with Crippen LogP contribution in [-0.2, 0) is 4.79 Å². The Hall–Kier alpha value is -1.08. The highest BCUT2D eigenvalue weighted by Crippen LogP contribution is 2.55. The Bertz CT molecular complexity index is 623. The van der Waals surface area contributed by atoms with Crippen molar-refractivity contribution in [2.45, 2.75) is 55.3 Å². The van der Waals surface area contributed by atoms with Gasteiger partial charge in [0.15, 0.2) is 4.34 Å². The molecule has 4 bridgehead atoms. The maximum atomic E-state index is 12.3. The van der Waals surface area contributed by atoms with Crippen molar-refractivity contribution in [2.75, 3.05) is 5.75 Å². The molecule has 4 aliphatic carbocycles. The lowest BCUT2D eigenvalue weighted by atomic mass is 9.53. The summed E-state index contributed by atoms with van der Waals surface area (Å²) in [6.07, 6.45) is 7.29. The molecule has 0 radical (unpaired) electrons. The quantitative estimate of drug-likeness (QED) is 0.803. The van der Waals surface area contributed by atoms with E-state index in [2.05, 4.69) is 15.6 Å². The molecule has 24 heavy (non-hydrogen) atoms. The first-order valence-electron chi connectivity index (χ1n) is 8.67. The zero-order valence-electron chi connectivity index (χ0n) is 13.8. The molecule has 130 valence electrons. The number of imide groups is 1. The van der Waals surface area contributed by atoms with Crippen LogP contribution in [0.1, 0.15) is 44.2 Å². The van der Waals surface area contributed by atoms with Crippen molar-refractivity contribution in [3.05, 3.63) is 11.1 Å².